The van der Waals surface area contributed by atoms with Gasteiger partial charge in [0.05, 0.1) is 29.0 Å². The summed E-state index contributed by atoms with van der Waals surface area (Å²) < 4.78 is 28.0. The molecule has 0 aliphatic carbocycles. The van der Waals surface area contributed by atoms with Crippen molar-refractivity contribution in [3.05, 3.63) is 41.3 Å². The summed E-state index contributed by atoms with van der Waals surface area (Å²) in [7, 11) is 1.59. The predicted octanol–water partition coefficient (Wildman–Crippen LogP) is 3.57. The number of urea groups is 1. The first kappa shape index (κ1) is 23.5. The summed E-state index contributed by atoms with van der Waals surface area (Å²) in [5, 5.41) is 6.44. The van der Waals surface area contributed by atoms with Crippen LogP contribution in [-0.2, 0) is 16.4 Å². The van der Waals surface area contributed by atoms with Crippen molar-refractivity contribution in [2.75, 3.05) is 50.4 Å². The molecule has 2 aromatic rings. The molecule has 1 N–H and O–H groups in total. The van der Waals surface area contributed by atoms with E-state index in [0.29, 0.717) is 9.90 Å². The minimum atomic E-state index is -3.61. The largest absolute Gasteiger partial charge is 0.374 e. The van der Waals surface area contributed by atoms with Crippen LogP contribution in [0.3, 0.4) is 0 Å². The van der Waals surface area contributed by atoms with Crippen LogP contribution < -0.4 is 9.62 Å². The van der Waals surface area contributed by atoms with Crippen LogP contribution in [0.15, 0.2) is 44.9 Å². The Hall–Kier alpha value is -2.24. The summed E-state index contributed by atoms with van der Waals surface area (Å²) in [6, 6.07) is 9.32. The fourth-order valence-electron chi connectivity index (χ4n) is 4.79. The molecule has 3 aliphatic heterocycles. The minimum absolute atomic E-state index is 0.0415. The molecular weight excluding hydrogens is 490 g/mol. The summed E-state index contributed by atoms with van der Waals surface area (Å²) in [5.41, 5.74) is 2.62. The number of thioether (sulfide) groups is 1. The second kappa shape index (κ2) is 8.76. The molecule has 0 bridgehead atoms. The van der Waals surface area contributed by atoms with Gasteiger partial charge in [0.15, 0.2) is 0 Å². The first-order chi connectivity index (χ1) is 16.2. The number of carbonyl (C=O) groups excluding carboxylic acids is 1. The Balaban J connectivity index is 1.28. The van der Waals surface area contributed by atoms with Gasteiger partial charge in [-0.05, 0) is 35.9 Å². The number of nitrogens with one attached hydrogen (secondary N) is 1. The van der Waals surface area contributed by atoms with Gasteiger partial charge < -0.3 is 15.1 Å². The number of aliphatic imine (C=N–C) groups is 1. The molecule has 1 aromatic heterocycles. The third-order valence-corrected chi connectivity index (χ3v) is 11.5. The normalized spacial score (nSPS) is 21.2. The van der Waals surface area contributed by atoms with Crippen molar-refractivity contribution in [2.24, 2.45) is 4.99 Å². The zero-order chi connectivity index (χ0) is 24.1. The van der Waals surface area contributed by atoms with Gasteiger partial charge in [0.1, 0.15) is 4.21 Å². The highest BCUT2D eigenvalue weighted by atomic mass is 32.2. The van der Waals surface area contributed by atoms with Crippen LogP contribution in [0.1, 0.15) is 18.4 Å². The van der Waals surface area contributed by atoms with E-state index in [-0.39, 0.29) is 16.8 Å². The van der Waals surface area contributed by atoms with E-state index in [1.165, 1.54) is 15.6 Å². The fourth-order valence-corrected chi connectivity index (χ4v) is 8.53. The maximum absolute atomic E-state index is 13.1. The Morgan fingerprint density at radius 3 is 2.62 bits per heavy atom. The number of para-hydroxylation sites is 1. The van der Waals surface area contributed by atoms with Gasteiger partial charge in [0.2, 0.25) is 0 Å². The van der Waals surface area contributed by atoms with Crippen molar-refractivity contribution in [3.63, 3.8) is 0 Å². The summed E-state index contributed by atoms with van der Waals surface area (Å²) in [6.45, 7) is 2.27. The molecule has 0 saturated carbocycles. The van der Waals surface area contributed by atoms with Crippen molar-refractivity contribution < 1.29 is 13.2 Å². The maximum Gasteiger partial charge on any atom is 0.319 e. The third-order valence-electron chi connectivity index (χ3n) is 6.79. The number of likely N-dealkylation sites (tertiary alicyclic amines) is 1. The van der Waals surface area contributed by atoms with Gasteiger partial charge in [-0.3, -0.25) is 9.30 Å². The number of carbonyl (C=O) groups is 1. The molecule has 1 fully saturated rings. The molecule has 4 heterocycles. The molecule has 1 aromatic carbocycles. The van der Waals surface area contributed by atoms with E-state index >= 15 is 0 Å². The molecule has 1 saturated heterocycles. The number of hydrogen-bond donors (Lipinski definition) is 1. The van der Waals surface area contributed by atoms with E-state index in [9.17, 15) is 13.2 Å². The average Bonchev–Trinajstić information content (AvgIpc) is 3.58. The Morgan fingerprint density at radius 1 is 1.18 bits per heavy atom. The molecule has 1 unspecified atom stereocenters. The van der Waals surface area contributed by atoms with Crippen LogP contribution in [0.5, 0.6) is 0 Å². The maximum atomic E-state index is 13.1. The highest BCUT2D eigenvalue weighted by Crippen LogP contribution is 2.45. The minimum Gasteiger partial charge on any atom is -0.374 e. The van der Waals surface area contributed by atoms with Crippen molar-refractivity contribution >= 4 is 55.6 Å². The first-order valence-electron chi connectivity index (χ1n) is 11.3. The topological polar surface area (TPSA) is 85.3 Å². The number of fused-ring (bicyclic) bond motifs is 1. The standard InChI is InChI=1S/C23H29N5O3S3/c1-26(2)22(29)28-11-9-23(10-12-28)15-24-21(33-23)17-14-16-6-4-7-18(20(16)25-17)27(3)34(30,31)19-8-5-13-32-19/h4-8,13,17,25H,9-12,14-15H2,1-3H3. The number of amides is 2. The Morgan fingerprint density at radius 2 is 1.94 bits per heavy atom. The first-order valence-corrected chi connectivity index (χ1v) is 14.4. The van der Waals surface area contributed by atoms with E-state index in [1.807, 2.05) is 28.8 Å². The van der Waals surface area contributed by atoms with Crippen molar-refractivity contribution in [1.82, 2.24) is 9.80 Å². The van der Waals surface area contributed by atoms with Crippen LogP contribution >= 0.6 is 23.1 Å². The molecule has 182 valence electrons. The molecule has 1 spiro atoms. The molecule has 2 amide bonds. The van der Waals surface area contributed by atoms with Gasteiger partial charge in [-0.1, -0.05) is 18.2 Å². The SMILES string of the molecule is CN(C)C(=O)N1CCC2(CC1)CN=C(C1Cc3cccc(N(C)S(=O)(=O)c4cccs4)c3N1)S2. The number of anilines is 2. The molecule has 0 radical (unpaired) electrons. The van der Waals surface area contributed by atoms with E-state index in [1.54, 1.807) is 43.6 Å². The summed E-state index contributed by atoms with van der Waals surface area (Å²) in [5.74, 6) is 0. The monoisotopic (exact) mass is 519 g/mol. The molecule has 34 heavy (non-hydrogen) atoms. The fraction of sp³-hybridized carbons (Fsp3) is 0.478. The van der Waals surface area contributed by atoms with E-state index in [4.69, 9.17) is 4.99 Å². The molecule has 5 rings (SSSR count). The number of benzene rings is 1. The van der Waals surface area contributed by atoms with E-state index in [2.05, 4.69) is 11.4 Å². The van der Waals surface area contributed by atoms with E-state index < -0.39 is 10.0 Å². The molecule has 11 heteroatoms. The van der Waals surface area contributed by atoms with Crippen LogP contribution in [0, 0.1) is 0 Å². The van der Waals surface area contributed by atoms with Gasteiger partial charge in [0.25, 0.3) is 10.0 Å². The molecule has 1 atom stereocenters. The van der Waals surface area contributed by atoms with Crippen LogP contribution in [0.25, 0.3) is 0 Å². The molecular formula is C23H29N5O3S3. The van der Waals surface area contributed by atoms with Gasteiger partial charge in [-0.25, -0.2) is 13.2 Å². The zero-order valence-corrected chi connectivity index (χ0v) is 22.0. The second-order valence-electron chi connectivity index (χ2n) is 9.22. The third kappa shape index (κ3) is 4.07. The van der Waals surface area contributed by atoms with Crippen LogP contribution in [0.4, 0.5) is 16.2 Å². The van der Waals surface area contributed by atoms with Crippen LogP contribution in [0.2, 0.25) is 0 Å². The zero-order valence-electron chi connectivity index (χ0n) is 19.5. The number of sulfonamides is 1. The number of thiophene rings is 1. The lowest BCUT2D eigenvalue weighted by Gasteiger charge is -2.39. The lowest BCUT2D eigenvalue weighted by molar-refractivity contribution is 0.154. The highest BCUT2D eigenvalue weighted by Gasteiger charge is 2.44. The van der Waals surface area contributed by atoms with Gasteiger partial charge in [0, 0.05) is 45.4 Å². The van der Waals surface area contributed by atoms with Gasteiger partial charge in [-0.15, -0.1) is 23.1 Å². The Kier molecular flexibility index (Phi) is 6.06. The summed E-state index contributed by atoms with van der Waals surface area (Å²) in [4.78, 5) is 20.8. The second-order valence-corrected chi connectivity index (χ2v) is 13.9. The van der Waals surface area contributed by atoms with Crippen molar-refractivity contribution in [2.45, 2.75) is 34.3 Å². The van der Waals surface area contributed by atoms with Crippen LogP contribution in [-0.4, -0.2) is 80.9 Å². The quantitative estimate of drug-likeness (QED) is 0.668. The lowest BCUT2D eigenvalue weighted by atomic mass is 9.96. The number of rotatable bonds is 4. The average molecular weight is 520 g/mol. The van der Waals surface area contributed by atoms with Crippen molar-refractivity contribution in [1.29, 1.82) is 0 Å². The van der Waals surface area contributed by atoms with Gasteiger partial charge in [-0.2, -0.15) is 0 Å². The van der Waals surface area contributed by atoms with Gasteiger partial charge >= 0.3 is 6.03 Å². The number of piperidine rings is 1. The summed E-state index contributed by atoms with van der Waals surface area (Å²) in [6.07, 6.45) is 2.64. The Labute approximate surface area is 209 Å². The Bertz CT molecular complexity index is 1220. The number of hydrogen-bond acceptors (Lipinski definition) is 7. The summed E-state index contributed by atoms with van der Waals surface area (Å²) >= 11 is 3.07. The van der Waals surface area contributed by atoms with E-state index in [0.717, 1.165) is 55.2 Å². The number of nitrogens with zero attached hydrogens (tertiary/aromatic N) is 4. The molecule has 3 aliphatic rings. The lowest BCUT2D eigenvalue weighted by Crippen LogP contribution is -2.49. The highest BCUT2D eigenvalue weighted by molar-refractivity contribution is 8.15. The molecule has 8 nitrogen and oxygen atoms in total. The smallest absolute Gasteiger partial charge is 0.319 e. The van der Waals surface area contributed by atoms with Crippen molar-refractivity contribution in [3.8, 4) is 0 Å². The predicted molar refractivity (Wildman–Crippen MR) is 140 cm³/mol.